The Morgan fingerprint density at radius 1 is 1.06 bits per heavy atom. The van der Waals surface area contributed by atoms with Crippen molar-refractivity contribution in [3.05, 3.63) is 65.2 Å². The number of benzene rings is 2. The van der Waals surface area contributed by atoms with Gasteiger partial charge in [-0.3, -0.25) is 9.80 Å². The maximum absolute atomic E-state index is 12.3. The van der Waals surface area contributed by atoms with Crippen molar-refractivity contribution < 1.29 is 14.6 Å². The molecule has 0 amide bonds. The number of fused-ring (bicyclic) bond motifs is 1. The van der Waals surface area contributed by atoms with E-state index in [-0.39, 0.29) is 17.1 Å². The van der Waals surface area contributed by atoms with E-state index < -0.39 is 6.10 Å². The van der Waals surface area contributed by atoms with Gasteiger partial charge in [0, 0.05) is 44.2 Å². The van der Waals surface area contributed by atoms with Gasteiger partial charge in [0.2, 0.25) is 0 Å². The molecule has 2 aromatic rings. The zero-order valence-corrected chi connectivity index (χ0v) is 20.6. The molecule has 8 rings (SSSR count). The van der Waals surface area contributed by atoms with Gasteiger partial charge in [-0.25, -0.2) is 0 Å². The summed E-state index contributed by atoms with van der Waals surface area (Å²) in [5.74, 6) is 2.03. The molecule has 0 aromatic heterocycles. The lowest BCUT2D eigenvalue weighted by molar-refractivity contribution is -0.208. The largest absolute Gasteiger partial charge is 0.497 e. The lowest BCUT2D eigenvalue weighted by Crippen LogP contribution is -2.79. The first-order chi connectivity index (χ1) is 17.1. The predicted molar refractivity (Wildman–Crippen MR) is 133 cm³/mol. The van der Waals surface area contributed by atoms with E-state index in [9.17, 15) is 5.11 Å². The average molecular weight is 473 g/mol. The summed E-state index contributed by atoms with van der Waals surface area (Å²) in [7, 11) is 1.76. The first-order valence-electron chi connectivity index (χ1n) is 13.7. The van der Waals surface area contributed by atoms with Gasteiger partial charge in [0.25, 0.3) is 0 Å². The summed E-state index contributed by atoms with van der Waals surface area (Å²) in [5, 5.41) is 12.3. The number of β-amino-alcohol motifs (C(OH)–C–C–N with tert-alkyl or cyclic N) is 1. The van der Waals surface area contributed by atoms with Crippen LogP contribution >= 0.6 is 0 Å². The Morgan fingerprint density at radius 2 is 1.91 bits per heavy atom. The number of ether oxygens (including phenoxy) is 2. The zero-order valence-electron chi connectivity index (χ0n) is 20.6. The fourth-order valence-corrected chi connectivity index (χ4v) is 9.28. The standard InChI is InChI=1S/C30H36N2O3/c1-34-22-10-9-21-13-26-29-12-11-24-28(25(35-29)17-31(24)15-19-5-3-2-4-6-19)30(29,23(21)14-22)27(33)18-32(26)16-20-7-8-20/h2-6,9-10,14,20,24-28,33H,7-8,11-13,15-18H2,1H3/t24-,25-,26-,27+,28+,29-,30+/m1/s1. The van der Waals surface area contributed by atoms with Gasteiger partial charge in [0.1, 0.15) is 5.75 Å². The Labute approximate surface area is 208 Å². The normalized spacial score (nSPS) is 41.5. The fourth-order valence-electron chi connectivity index (χ4n) is 9.28. The Kier molecular flexibility index (Phi) is 4.43. The van der Waals surface area contributed by atoms with Crippen LogP contribution in [0, 0.1) is 11.8 Å². The van der Waals surface area contributed by atoms with E-state index in [1.807, 2.05) is 0 Å². The molecule has 0 radical (unpaired) electrons. The molecule has 0 unspecified atom stereocenters. The summed E-state index contributed by atoms with van der Waals surface area (Å²) < 4.78 is 13.1. The van der Waals surface area contributed by atoms with E-state index in [4.69, 9.17) is 9.47 Å². The Bertz CT molecular complexity index is 1150. The van der Waals surface area contributed by atoms with Crippen LogP contribution in [0.5, 0.6) is 5.75 Å². The van der Waals surface area contributed by atoms with Crippen LogP contribution in [-0.2, 0) is 23.1 Å². The van der Waals surface area contributed by atoms with E-state index in [2.05, 4.69) is 58.3 Å². The number of hydrogen-bond acceptors (Lipinski definition) is 5. The summed E-state index contributed by atoms with van der Waals surface area (Å²) in [4.78, 5) is 5.30. The summed E-state index contributed by atoms with van der Waals surface area (Å²) in [6.45, 7) is 3.82. The first kappa shape index (κ1) is 21.2. The van der Waals surface area contributed by atoms with Crippen LogP contribution in [0.1, 0.15) is 42.4 Å². The molecule has 3 saturated heterocycles. The van der Waals surface area contributed by atoms with Gasteiger partial charge in [-0.15, -0.1) is 0 Å². The Hall–Kier alpha value is -1.92. The second-order valence-electron chi connectivity index (χ2n) is 12.1. The van der Waals surface area contributed by atoms with Gasteiger partial charge in [-0.1, -0.05) is 36.4 Å². The van der Waals surface area contributed by atoms with E-state index in [0.29, 0.717) is 18.0 Å². The Morgan fingerprint density at radius 3 is 2.71 bits per heavy atom. The fraction of sp³-hybridized carbons (Fsp3) is 0.600. The molecular weight excluding hydrogens is 436 g/mol. The monoisotopic (exact) mass is 472 g/mol. The quantitative estimate of drug-likeness (QED) is 0.723. The van der Waals surface area contributed by atoms with Crippen LogP contribution in [0.3, 0.4) is 0 Å². The number of aliphatic hydroxyl groups is 1. The van der Waals surface area contributed by atoms with Gasteiger partial charge in [-0.05, 0) is 66.8 Å². The third-order valence-electron chi connectivity index (χ3n) is 10.6. The molecule has 3 aliphatic carbocycles. The number of aliphatic hydroxyl groups excluding tert-OH is 1. The minimum atomic E-state index is -0.418. The molecule has 5 nitrogen and oxygen atoms in total. The lowest BCUT2D eigenvalue weighted by atomic mass is 9.45. The number of rotatable bonds is 5. The molecule has 2 saturated carbocycles. The highest BCUT2D eigenvalue weighted by Crippen LogP contribution is 2.69. The van der Waals surface area contributed by atoms with Crippen molar-refractivity contribution in [2.45, 2.75) is 74.0 Å². The molecule has 1 N–H and O–H groups in total. The van der Waals surface area contributed by atoms with E-state index in [0.717, 1.165) is 57.1 Å². The van der Waals surface area contributed by atoms with Gasteiger partial charge in [0.15, 0.2) is 0 Å². The smallest absolute Gasteiger partial charge is 0.119 e. The van der Waals surface area contributed by atoms with Crippen LogP contribution in [-0.4, -0.2) is 71.5 Å². The average Bonchev–Trinajstić information content (AvgIpc) is 3.58. The molecular formula is C30H36N2O3. The molecule has 2 aromatic carbocycles. The van der Waals surface area contributed by atoms with E-state index in [1.165, 1.54) is 29.5 Å². The molecule has 3 heterocycles. The van der Waals surface area contributed by atoms with Crippen LogP contribution in [0.2, 0.25) is 0 Å². The van der Waals surface area contributed by atoms with Crippen molar-refractivity contribution in [1.29, 1.82) is 0 Å². The van der Waals surface area contributed by atoms with Crippen LogP contribution in [0.25, 0.3) is 0 Å². The van der Waals surface area contributed by atoms with Gasteiger partial charge < -0.3 is 14.6 Å². The Balaban J connectivity index is 1.27. The molecule has 0 spiro atoms. The van der Waals surface area contributed by atoms with Crippen LogP contribution in [0.4, 0.5) is 0 Å². The third-order valence-corrected chi connectivity index (χ3v) is 10.6. The van der Waals surface area contributed by atoms with Crippen LogP contribution in [0.15, 0.2) is 48.5 Å². The van der Waals surface area contributed by atoms with Crippen molar-refractivity contribution in [2.75, 3.05) is 26.7 Å². The van der Waals surface area contributed by atoms with E-state index >= 15 is 0 Å². The molecule has 35 heavy (non-hydrogen) atoms. The molecule has 4 bridgehead atoms. The second-order valence-corrected chi connectivity index (χ2v) is 12.1. The minimum Gasteiger partial charge on any atom is -0.497 e. The highest BCUT2D eigenvalue weighted by atomic mass is 16.5. The van der Waals surface area contributed by atoms with Gasteiger partial charge >= 0.3 is 0 Å². The summed E-state index contributed by atoms with van der Waals surface area (Å²) >= 11 is 0. The zero-order chi connectivity index (χ0) is 23.4. The summed E-state index contributed by atoms with van der Waals surface area (Å²) in [5.41, 5.74) is 3.45. The topological polar surface area (TPSA) is 45.2 Å². The summed E-state index contributed by atoms with van der Waals surface area (Å²) in [6.07, 6.45) is 5.67. The number of hydrogen-bond donors (Lipinski definition) is 1. The number of nitrogens with zero attached hydrogens (tertiary/aromatic N) is 2. The maximum atomic E-state index is 12.3. The molecule has 184 valence electrons. The summed E-state index contributed by atoms with van der Waals surface area (Å²) in [6, 6.07) is 18.3. The molecule has 6 aliphatic rings. The van der Waals surface area contributed by atoms with Crippen LogP contribution < -0.4 is 4.74 Å². The molecule has 5 fully saturated rings. The highest BCUT2D eigenvalue weighted by Gasteiger charge is 2.80. The third kappa shape index (κ3) is 2.68. The van der Waals surface area contributed by atoms with Crippen molar-refractivity contribution in [3.8, 4) is 5.75 Å². The predicted octanol–water partition coefficient (Wildman–Crippen LogP) is 3.38. The van der Waals surface area contributed by atoms with Crippen molar-refractivity contribution in [3.63, 3.8) is 0 Å². The van der Waals surface area contributed by atoms with Crippen molar-refractivity contribution >= 4 is 0 Å². The van der Waals surface area contributed by atoms with Gasteiger partial charge in [0.05, 0.1) is 30.3 Å². The minimum absolute atomic E-state index is 0.182. The first-order valence-corrected chi connectivity index (χ1v) is 13.7. The van der Waals surface area contributed by atoms with E-state index in [1.54, 1.807) is 7.11 Å². The second kappa shape index (κ2) is 7.32. The lowest BCUT2D eigenvalue weighted by Gasteiger charge is -2.66. The number of piperidine rings is 1. The SMILES string of the molecule is COc1ccc2c(c1)[C@]13[C@H]4[C@H]5CC[C@@]1(O[C@@H]4CN5Cc1ccccc1)[C@@H](C2)N(CC1CC1)C[C@@H]3O. The van der Waals surface area contributed by atoms with Crippen molar-refractivity contribution in [1.82, 2.24) is 9.80 Å². The van der Waals surface area contributed by atoms with Crippen molar-refractivity contribution in [2.24, 2.45) is 11.8 Å². The maximum Gasteiger partial charge on any atom is 0.119 e. The number of methoxy groups -OCH3 is 1. The molecule has 5 heteroatoms. The number of likely N-dealkylation sites (tertiary alicyclic amines) is 2. The molecule has 7 atom stereocenters. The molecule has 3 aliphatic heterocycles. The van der Waals surface area contributed by atoms with Gasteiger partial charge in [-0.2, -0.15) is 0 Å². The highest BCUT2D eigenvalue weighted by molar-refractivity contribution is 5.53.